The molecule has 0 aliphatic heterocycles. The van der Waals surface area contributed by atoms with Crippen LogP contribution in [0.2, 0.25) is 0 Å². The Morgan fingerprint density at radius 1 is 1.07 bits per heavy atom. The van der Waals surface area contributed by atoms with Crippen LogP contribution in [0.1, 0.15) is 48.5 Å². The molecule has 15 heavy (non-hydrogen) atoms. The number of hydrogen-bond donors (Lipinski definition) is 0. The molecule has 0 bridgehead atoms. The van der Waals surface area contributed by atoms with Crippen molar-refractivity contribution in [2.45, 2.75) is 48.5 Å². The van der Waals surface area contributed by atoms with Crippen LogP contribution in [0.5, 0.6) is 0 Å². The third-order valence-electron chi connectivity index (χ3n) is 1.50. The van der Waals surface area contributed by atoms with Crippen LogP contribution in [-0.2, 0) is 9.53 Å². The second-order valence-electron chi connectivity index (χ2n) is 2.30. The van der Waals surface area contributed by atoms with Crippen molar-refractivity contribution in [2.75, 3.05) is 7.11 Å². The first kappa shape index (κ1) is 19.5. The molecule has 0 radical (unpaired) electrons. The van der Waals surface area contributed by atoms with E-state index in [1.165, 1.54) is 7.11 Å². The number of ether oxygens (including phenoxy) is 1. The number of carbonyl (C=O) groups excluding carboxylic acids is 1. The van der Waals surface area contributed by atoms with E-state index in [9.17, 15) is 4.79 Å². The highest BCUT2D eigenvalue weighted by Gasteiger charge is 2.04. The van der Waals surface area contributed by atoms with Crippen LogP contribution in [0.4, 0.5) is 0 Å². The van der Waals surface area contributed by atoms with Crippen LogP contribution in [0.3, 0.4) is 0 Å². The lowest BCUT2D eigenvalue weighted by atomic mass is 10.1. The maximum absolute atomic E-state index is 10.9. The number of esters is 1. The van der Waals surface area contributed by atoms with Crippen LogP contribution < -0.4 is 0 Å². The van der Waals surface area contributed by atoms with Gasteiger partial charge in [0, 0.05) is 5.57 Å². The lowest BCUT2D eigenvalue weighted by Gasteiger charge is -2.00. The number of methoxy groups -OCH3 is 1. The Hall–Kier alpha value is -1.05. The van der Waals surface area contributed by atoms with E-state index in [0.717, 1.165) is 5.57 Å². The molecule has 0 fully saturated rings. The largest absolute Gasteiger partial charge is 0.466 e. The lowest BCUT2D eigenvalue weighted by molar-refractivity contribution is -0.136. The van der Waals surface area contributed by atoms with Crippen molar-refractivity contribution in [3.05, 3.63) is 23.3 Å². The third-order valence-corrected chi connectivity index (χ3v) is 1.50. The van der Waals surface area contributed by atoms with Crippen molar-refractivity contribution in [1.82, 2.24) is 0 Å². The molecule has 0 rings (SSSR count). The predicted molar refractivity (Wildman–Crippen MR) is 67.9 cm³/mol. The van der Waals surface area contributed by atoms with Crippen LogP contribution in [-0.4, -0.2) is 13.1 Å². The summed E-state index contributed by atoms with van der Waals surface area (Å²) in [6, 6.07) is 0. The number of allylic oxidation sites excluding steroid dienone is 3. The van der Waals surface area contributed by atoms with E-state index >= 15 is 0 Å². The first-order valence-corrected chi connectivity index (χ1v) is 5.52. The molecule has 0 unspecified atom stereocenters. The summed E-state index contributed by atoms with van der Waals surface area (Å²) in [5.41, 5.74) is 1.60. The Morgan fingerprint density at radius 2 is 1.47 bits per heavy atom. The van der Waals surface area contributed by atoms with Crippen LogP contribution in [0, 0.1) is 0 Å². The SMILES string of the molecule is C/C=C\C(C)=C(/C)C(=O)OC.CC.CC. The molecule has 0 aromatic heterocycles. The van der Waals surface area contributed by atoms with Gasteiger partial charge in [-0.15, -0.1) is 0 Å². The molecule has 2 nitrogen and oxygen atoms in total. The van der Waals surface area contributed by atoms with Gasteiger partial charge in [-0.1, -0.05) is 39.8 Å². The fourth-order valence-electron chi connectivity index (χ4n) is 0.689. The van der Waals surface area contributed by atoms with E-state index in [1.54, 1.807) is 6.92 Å². The summed E-state index contributed by atoms with van der Waals surface area (Å²) >= 11 is 0. The van der Waals surface area contributed by atoms with E-state index in [1.807, 2.05) is 53.7 Å². The Morgan fingerprint density at radius 3 is 1.73 bits per heavy atom. The third kappa shape index (κ3) is 10.9. The van der Waals surface area contributed by atoms with Gasteiger partial charge in [0.05, 0.1) is 7.11 Å². The molecule has 0 amide bonds. The molecule has 0 aromatic carbocycles. The summed E-state index contributed by atoms with van der Waals surface area (Å²) in [4.78, 5) is 10.9. The van der Waals surface area contributed by atoms with E-state index in [0.29, 0.717) is 5.57 Å². The second kappa shape index (κ2) is 15.4. The molecule has 0 aliphatic carbocycles. The van der Waals surface area contributed by atoms with Crippen molar-refractivity contribution in [1.29, 1.82) is 0 Å². The summed E-state index contributed by atoms with van der Waals surface area (Å²) in [5, 5.41) is 0. The minimum absolute atomic E-state index is 0.263. The minimum atomic E-state index is -0.263. The van der Waals surface area contributed by atoms with Gasteiger partial charge in [0.2, 0.25) is 0 Å². The fraction of sp³-hybridized carbons (Fsp3) is 0.615. The van der Waals surface area contributed by atoms with Gasteiger partial charge in [-0.3, -0.25) is 0 Å². The van der Waals surface area contributed by atoms with Crippen molar-refractivity contribution in [3.63, 3.8) is 0 Å². The van der Waals surface area contributed by atoms with E-state index in [2.05, 4.69) is 4.74 Å². The standard InChI is InChI=1S/C9H14O2.2C2H6/c1-5-6-7(2)8(3)9(10)11-4;2*1-2/h5-6H,1-4H3;2*1-2H3/b6-5-,8-7+;;. The highest BCUT2D eigenvalue weighted by atomic mass is 16.5. The first-order chi connectivity index (χ1) is 7.13. The average molecular weight is 214 g/mol. The van der Waals surface area contributed by atoms with Gasteiger partial charge in [0.25, 0.3) is 0 Å². The minimum Gasteiger partial charge on any atom is -0.466 e. The topological polar surface area (TPSA) is 26.3 Å². The van der Waals surface area contributed by atoms with Crippen LogP contribution in [0.15, 0.2) is 23.3 Å². The highest BCUT2D eigenvalue weighted by molar-refractivity contribution is 5.88. The van der Waals surface area contributed by atoms with E-state index in [4.69, 9.17) is 0 Å². The first-order valence-electron chi connectivity index (χ1n) is 5.52. The molecule has 0 heterocycles. The van der Waals surface area contributed by atoms with Gasteiger partial charge in [0.1, 0.15) is 0 Å². The summed E-state index contributed by atoms with van der Waals surface area (Å²) in [6.45, 7) is 13.5. The summed E-state index contributed by atoms with van der Waals surface area (Å²) < 4.78 is 4.55. The van der Waals surface area contributed by atoms with E-state index in [-0.39, 0.29) is 5.97 Å². The van der Waals surface area contributed by atoms with Gasteiger partial charge in [-0.2, -0.15) is 0 Å². The number of carbonyl (C=O) groups is 1. The molecule has 0 aliphatic rings. The molecule has 0 N–H and O–H groups in total. The maximum atomic E-state index is 10.9. The molecule has 0 aromatic rings. The van der Waals surface area contributed by atoms with Gasteiger partial charge in [0.15, 0.2) is 0 Å². The highest BCUT2D eigenvalue weighted by Crippen LogP contribution is 2.05. The molecular formula is C13H26O2. The van der Waals surface area contributed by atoms with Gasteiger partial charge < -0.3 is 4.74 Å². The van der Waals surface area contributed by atoms with Gasteiger partial charge in [-0.25, -0.2) is 4.79 Å². The summed E-state index contributed by atoms with van der Waals surface area (Å²) in [7, 11) is 1.38. The fourth-order valence-corrected chi connectivity index (χ4v) is 0.689. The van der Waals surface area contributed by atoms with Crippen molar-refractivity contribution in [3.8, 4) is 0 Å². The molecule has 90 valence electrons. The molecule has 2 heteroatoms. The quantitative estimate of drug-likeness (QED) is 0.392. The van der Waals surface area contributed by atoms with Crippen molar-refractivity contribution >= 4 is 5.97 Å². The Kier molecular flexibility index (Phi) is 20.1. The van der Waals surface area contributed by atoms with E-state index < -0.39 is 0 Å². The zero-order chi connectivity index (χ0) is 12.9. The molecule has 0 saturated carbocycles. The number of hydrogen-bond acceptors (Lipinski definition) is 2. The summed E-state index contributed by atoms with van der Waals surface area (Å²) in [5.74, 6) is -0.263. The molecular weight excluding hydrogens is 188 g/mol. The maximum Gasteiger partial charge on any atom is 0.333 e. The van der Waals surface area contributed by atoms with Crippen molar-refractivity contribution < 1.29 is 9.53 Å². The summed E-state index contributed by atoms with van der Waals surface area (Å²) in [6.07, 6.45) is 3.77. The van der Waals surface area contributed by atoms with Crippen LogP contribution >= 0.6 is 0 Å². The Bertz CT molecular complexity index is 201. The Labute approximate surface area is 95.0 Å². The predicted octanol–water partition coefficient (Wildman–Crippen LogP) is 4.12. The second-order valence-corrected chi connectivity index (χ2v) is 2.30. The normalized spacial score (nSPS) is 10.4. The van der Waals surface area contributed by atoms with Gasteiger partial charge >= 0.3 is 5.97 Å². The van der Waals surface area contributed by atoms with Gasteiger partial charge in [-0.05, 0) is 26.3 Å². The smallest absolute Gasteiger partial charge is 0.333 e. The monoisotopic (exact) mass is 214 g/mol. The Balaban J connectivity index is -0.000000318. The average Bonchev–Trinajstić information content (AvgIpc) is 2.32. The molecule has 0 spiro atoms. The number of rotatable bonds is 2. The van der Waals surface area contributed by atoms with Crippen LogP contribution in [0.25, 0.3) is 0 Å². The van der Waals surface area contributed by atoms with Crippen molar-refractivity contribution in [2.24, 2.45) is 0 Å². The zero-order valence-corrected chi connectivity index (χ0v) is 11.5. The molecule has 0 atom stereocenters. The zero-order valence-electron chi connectivity index (χ0n) is 11.5. The molecule has 0 saturated heterocycles. The lowest BCUT2D eigenvalue weighted by Crippen LogP contribution is -2.02.